The van der Waals surface area contributed by atoms with Gasteiger partial charge in [0, 0.05) is 5.02 Å². The van der Waals surface area contributed by atoms with Crippen LogP contribution in [0.3, 0.4) is 0 Å². The van der Waals surface area contributed by atoms with Crippen LogP contribution in [0, 0.1) is 0 Å². The van der Waals surface area contributed by atoms with E-state index in [1.807, 2.05) is 0 Å². The molecule has 0 fully saturated rings. The first-order chi connectivity index (χ1) is 8.42. The van der Waals surface area contributed by atoms with Crippen LogP contribution >= 0.6 is 11.6 Å². The van der Waals surface area contributed by atoms with Gasteiger partial charge in [-0.15, -0.1) is 13.2 Å². The van der Waals surface area contributed by atoms with Crippen LogP contribution in [0.25, 0.3) is 0 Å². The number of hydrogen-bond donors (Lipinski definition) is 1. The highest BCUT2D eigenvalue weighted by Crippen LogP contribution is 2.23. The monoisotopic (exact) mass is 283 g/mol. The van der Waals surface area contributed by atoms with Crippen molar-refractivity contribution in [3.63, 3.8) is 0 Å². The standard InChI is InChI=1S/C11H13ClF3NO2/c12-9-1-2-10(8(7-9)3-4-16)17-5-6-18-11(13,14)15/h1-2,7H,3-6,16H2. The summed E-state index contributed by atoms with van der Waals surface area (Å²) in [6, 6.07) is 4.87. The SMILES string of the molecule is NCCc1cc(Cl)ccc1OCCOC(F)(F)F. The van der Waals surface area contributed by atoms with Crippen molar-refractivity contribution in [1.29, 1.82) is 0 Å². The summed E-state index contributed by atoms with van der Waals surface area (Å²) in [6.45, 7) is -0.358. The zero-order valence-corrected chi connectivity index (χ0v) is 10.2. The topological polar surface area (TPSA) is 44.5 Å². The third-order valence-corrected chi connectivity index (χ3v) is 2.28. The molecule has 0 aliphatic heterocycles. The first-order valence-corrected chi connectivity index (χ1v) is 5.62. The molecule has 2 N–H and O–H groups in total. The summed E-state index contributed by atoms with van der Waals surface area (Å²) in [5, 5.41) is 0.525. The fourth-order valence-electron chi connectivity index (χ4n) is 1.35. The minimum atomic E-state index is -4.64. The molecule has 18 heavy (non-hydrogen) atoms. The van der Waals surface area contributed by atoms with E-state index in [0.717, 1.165) is 5.56 Å². The zero-order chi connectivity index (χ0) is 13.6. The number of rotatable bonds is 6. The summed E-state index contributed by atoms with van der Waals surface area (Å²) in [5.74, 6) is 0.468. The van der Waals surface area contributed by atoms with Crippen molar-refractivity contribution in [2.24, 2.45) is 5.73 Å². The van der Waals surface area contributed by atoms with Gasteiger partial charge in [0.15, 0.2) is 0 Å². The molecule has 0 heterocycles. The third-order valence-electron chi connectivity index (χ3n) is 2.04. The second-order valence-electron chi connectivity index (χ2n) is 3.43. The lowest BCUT2D eigenvalue weighted by atomic mass is 10.1. The first-order valence-electron chi connectivity index (χ1n) is 5.24. The molecule has 0 spiro atoms. The van der Waals surface area contributed by atoms with Gasteiger partial charge in [0.2, 0.25) is 0 Å². The van der Waals surface area contributed by atoms with Crippen molar-refractivity contribution >= 4 is 11.6 Å². The average Bonchev–Trinajstić information content (AvgIpc) is 2.26. The molecule has 3 nitrogen and oxygen atoms in total. The van der Waals surface area contributed by atoms with Gasteiger partial charge >= 0.3 is 6.36 Å². The predicted octanol–water partition coefficient (Wildman–Crippen LogP) is 2.76. The fourth-order valence-corrected chi connectivity index (χ4v) is 1.54. The van der Waals surface area contributed by atoms with Crippen LogP contribution in [0.4, 0.5) is 13.2 Å². The van der Waals surface area contributed by atoms with E-state index in [4.69, 9.17) is 22.1 Å². The number of alkyl halides is 3. The summed E-state index contributed by atoms with van der Waals surface area (Å²) in [4.78, 5) is 0. The van der Waals surface area contributed by atoms with E-state index in [1.54, 1.807) is 18.2 Å². The van der Waals surface area contributed by atoms with Crippen molar-refractivity contribution in [3.8, 4) is 5.75 Å². The van der Waals surface area contributed by atoms with Gasteiger partial charge in [-0.2, -0.15) is 0 Å². The zero-order valence-electron chi connectivity index (χ0n) is 9.47. The van der Waals surface area contributed by atoms with E-state index < -0.39 is 13.0 Å². The number of halogens is 4. The molecule has 0 saturated heterocycles. The molecule has 7 heteroatoms. The van der Waals surface area contributed by atoms with Gasteiger partial charge in [0.1, 0.15) is 12.4 Å². The van der Waals surface area contributed by atoms with Crippen LogP contribution in [0.5, 0.6) is 5.75 Å². The Balaban J connectivity index is 2.51. The molecule has 1 aromatic carbocycles. The van der Waals surface area contributed by atoms with Gasteiger partial charge in [-0.3, -0.25) is 4.74 Å². The van der Waals surface area contributed by atoms with Crippen LogP contribution in [0.15, 0.2) is 18.2 Å². The van der Waals surface area contributed by atoms with Crippen molar-refractivity contribution in [2.45, 2.75) is 12.8 Å². The second kappa shape index (κ2) is 6.82. The molecule has 102 valence electrons. The van der Waals surface area contributed by atoms with Gasteiger partial charge < -0.3 is 10.5 Å². The van der Waals surface area contributed by atoms with E-state index in [2.05, 4.69) is 4.74 Å². The second-order valence-corrected chi connectivity index (χ2v) is 3.87. The minimum absolute atomic E-state index is 0.196. The fraction of sp³-hybridized carbons (Fsp3) is 0.455. The Morgan fingerprint density at radius 2 is 1.94 bits per heavy atom. The lowest BCUT2D eigenvalue weighted by Crippen LogP contribution is -2.18. The highest BCUT2D eigenvalue weighted by Gasteiger charge is 2.28. The average molecular weight is 284 g/mol. The van der Waals surface area contributed by atoms with E-state index in [9.17, 15) is 13.2 Å². The third kappa shape index (κ3) is 5.57. The van der Waals surface area contributed by atoms with Crippen molar-refractivity contribution in [3.05, 3.63) is 28.8 Å². The summed E-state index contributed by atoms with van der Waals surface area (Å²) < 4.78 is 44.0. The van der Waals surface area contributed by atoms with Crippen LogP contribution < -0.4 is 10.5 Å². The van der Waals surface area contributed by atoms with Gasteiger partial charge in [0.25, 0.3) is 0 Å². The highest BCUT2D eigenvalue weighted by atomic mass is 35.5. The Morgan fingerprint density at radius 3 is 2.56 bits per heavy atom. The van der Waals surface area contributed by atoms with Gasteiger partial charge in [-0.05, 0) is 36.7 Å². The Morgan fingerprint density at radius 1 is 1.22 bits per heavy atom. The lowest BCUT2D eigenvalue weighted by Gasteiger charge is -2.12. The molecule has 0 aliphatic carbocycles. The molecule has 0 radical (unpaired) electrons. The molecule has 0 atom stereocenters. The maximum absolute atomic E-state index is 11.7. The van der Waals surface area contributed by atoms with E-state index in [0.29, 0.717) is 23.7 Å². The van der Waals surface area contributed by atoms with Crippen LogP contribution in [0.1, 0.15) is 5.56 Å². The van der Waals surface area contributed by atoms with Crippen molar-refractivity contribution in [1.82, 2.24) is 0 Å². The summed E-state index contributed by atoms with van der Waals surface area (Å²) >= 11 is 5.80. The predicted molar refractivity (Wildman–Crippen MR) is 61.7 cm³/mol. The Bertz CT molecular complexity index is 385. The molecule has 0 saturated carbocycles. The summed E-state index contributed by atoms with van der Waals surface area (Å²) in [6.07, 6.45) is -4.10. The maximum atomic E-state index is 11.7. The van der Waals surface area contributed by atoms with E-state index >= 15 is 0 Å². The Labute approximate surface area is 108 Å². The molecule has 0 aliphatic rings. The number of nitrogens with two attached hydrogens (primary N) is 1. The smallest absolute Gasteiger partial charge is 0.491 e. The number of benzene rings is 1. The van der Waals surface area contributed by atoms with Crippen LogP contribution in [-0.2, 0) is 11.2 Å². The van der Waals surface area contributed by atoms with E-state index in [1.165, 1.54) is 0 Å². The summed E-state index contributed by atoms with van der Waals surface area (Å²) in [5.41, 5.74) is 6.18. The normalized spacial score (nSPS) is 11.6. The van der Waals surface area contributed by atoms with Gasteiger partial charge in [-0.25, -0.2) is 0 Å². The molecule has 0 unspecified atom stereocenters. The van der Waals surface area contributed by atoms with E-state index in [-0.39, 0.29) is 6.61 Å². The Kier molecular flexibility index (Phi) is 5.71. The first kappa shape index (κ1) is 15.1. The van der Waals surface area contributed by atoms with Gasteiger partial charge in [-0.1, -0.05) is 11.6 Å². The Hall–Kier alpha value is -0.980. The number of hydrogen-bond acceptors (Lipinski definition) is 3. The molecular formula is C11H13ClF3NO2. The lowest BCUT2D eigenvalue weighted by molar-refractivity contribution is -0.325. The molecular weight excluding hydrogens is 271 g/mol. The van der Waals surface area contributed by atoms with Crippen molar-refractivity contribution < 1.29 is 22.6 Å². The number of ether oxygens (including phenoxy) is 2. The highest BCUT2D eigenvalue weighted by molar-refractivity contribution is 6.30. The minimum Gasteiger partial charge on any atom is -0.491 e. The molecule has 0 bridgehead atoms. The molecule has 1 aromatic rings. The van der Waals surface area contributed by atoms with Crippen molar-refractivity contribution in [2.75, 3.05) is 19.8 Å². The molecule has 0 amide bonds. The van der Waals surface area contributed by atoms with Crippen LogP contribution in [0.2, 0.25) is 5.02 Å². The summed E-state index contributed by atoms with van der Waals surface area (Å²) in [7, 11) is 0. The molecule has 1 rings (SSSR count). The quantitative estimate of drug-likeness (QED) is 0.817. The van der Waals surface area contributed by atoms with Gasteiger partial charge in [0.05, 0.1) is 6.61 Å². The largest absolute Gasteiger partial charge is 0.522 e. The maximum Gasteiger partial charge on any atom is 0.522 e. The van der Waals surface area contributed by atoms with Crippen LogP contribution in [-0.4, -0.2) is 26.1 Å². The molecule has 0 aromatic heterocycles.